The molecular formula is C20H22BrNO3. The van der Waals surface area contributed by atoms with Crippen LogP contribution in [-0.4, -0.2) is 19.3 Å². The normalized spacial score (nSPS) is 11.6. The monoisotopic (exact) mass is 403 g/mol. The topological polar surface area (TPSA) is 47.9 Å². The largest absolute Gasteiger partial charge is 0.465 e. The molecule has 5 heteroatoms. The van der Waals surface area contributed by atoms with Crippen LogP contribution in [0.5, 0.6) is 0 Å². The Hall–Kier alpha value is -2.14. The third-order valence-electron chi connectivity index (χ3n) is 3.72. The van der Waals surface area contributed by atoms with Crippen molar-refractivity contribution in [2.45, 2.75) is 32.8 Å². The molecule has 0 radical (unpaired) electrons. The van der Waals surface area contributed by atoms with Crippen molar-refractivity contribution in [1.82, 2.24) is 0 Å². The zero-order valence-corrected chi connectivity index (χ0v) is 16.5. The van der Waals surface area contributed by atoms with Crippen molar-refractivity contribution in [3.8, 4) is 0 Å². The van der Waals surface area contributed by atoms with Crippen molar-refractivity contribution in [2.75, 3.05) is 7.11 Å². The summed E-state index contributed by atoms with van der Waals surface area (Å²) in [6, 6.07) is 13.6. The van der Waals surface area contributed by atoms with Crippen LogP contribution >= 0.6 is 15.9 Å². The van der Waals surface area contributed by atoms with Gasteiger partial charge >= 0.3 is 5.97 Å². The Balaban J connectivity index is 1.93. The smallest absolute Gasteiger partial charge is 0.339 e. The molecule has 0 saturated carbocycles. The fraction of sp³-hybridized carbons (Fsp3) is 0.300. The highest BCUT2D eigenvalue weighted by molar-refractivity contribution is 9.10. The third-order valence-corrected chi connectivity index (χ3v) is 4.38. The number of carbonyl (C=O) groups is 1. The summed E-state index contributed by atoms with van der Waals surface area (Å²) in [4.78, 5) is 16.9. The lowest BCUT2D eigenvalue weighted by Gasteiger charge is -2.18. The average Bonchev–Trinajstić information content (AvgIpc) is 2.58. The van der Waals surface area contributed by atoms with Gasteiger partial charge < -0.3 is 9.57 Å². The Bertz CT molecular complexity index is 762. The van der Waals surface area contributed by atoms with Gasteiger partial charge in [0.05, 0.1) is 18.9 Å². The van der Waals surface area contributed by atoms with E-state index < -0.39 is 0 Å². The number of hydrogen-bond donors (Lipinski definition) is 0. The van der Waals surface area contributed by atoms with E-state index in [1.54, 1.807) is 12.3 Å². The van der Waals surface area contributed by atoms with E-state index in [2.05, 4.69) is 54.0 Å². The van der Waals surface area contributed by atoms with Crippen LogP contribution in [-0.2, 0) is 21.6 Å². The van der Waals surface area contributed by atoms with Gasteiger partial charge in [-0.2, -0.15) is 0 Å². The van der Waals surface area contributed by atoms with Crippen LogP contribution in [0.3, 0.4) is 0 Å². The molecular weight excluding hydrogens is 382 g/mol. The lowest BCUT2D eigenvalue weighted by molar-refractivity contribution is 0.0599. The second-order valence-corrected chi connectivity index (χ2v) is 7.54. The molecule has 25 heavy (non-hydrogen) atoms. The van der Waals surface area contributed by atoms with Crippen LogP contribution < -0.4 is 0 Å². The van der Waals surface area contributed by atoms with Gasteiger partial charge in [0.15, 0.2) is 0 Å². The molecule has 0 N–H and O–H groups in total. The van der Waals surface area contributed by atoms with Gasteiger partial charge in [-0.05, 0) is 50.2 Å². The summed E-state index contributed by atoms with van der Waals surface area (Å²) in [7, 11) is 1.36. The molecule has 0 spiro atoms. The van der Waals surface area contributed by atoms with Crippen molar-refractivity contribution in [1.29, 1.82) is 0 Å². The fourth-order valence-corrected chi connectivity index (χ4v) is 2.79. The highest BCUT2D eigenvalue weighted by atomic mass is 79.9. The number of rotatable bonds is 5. The Morgan fingerprint density at radius 3 is 2.40 bits per heavy atom. The molecule has 4 nitrogen and oxygen atoms in total. The van der Waals surface area contributed by atoms with E-state index in [-0.39, 0.29) is 11.4 Å². The predicted molar refractivity (Wildman–Crippen MR) is 103 cm³/mol. The number of carbonyl (C=O) groups excluding carboxylic acids is 1. The van der Waals surface area contributed by atoms with Gasteiger partial charge in [-0.15, -0.1) is 0 Å². The van der Waals surface area contributed by atoms with E-state index >= 15 is 0 Å². The predicted octanol–water partition coefficient (Wildman–Crippen LogP) is 5.08. The summed E-state index contributed by atoms with van der Waals surface area (Å²) in [5, 5.41) is 4.00. The quantitative estimate of drug-likeness (QED) is 0.397. The number of methoxy groups -OCH3 is 1. The number of halogens is 1. The van der Waals surface area contributed by atoms with E-state index in [1.165, 1.54) is 12.7 Å². The van der Waals surface area contributed by atoms with Gasteiger partial charge in [0, 0.05) is 4.47 Å². The number of hydrogen-bond acceptors (Lipinski definition) is 4. The SMILES string of the molecule is COC(=O)c1ccc(CO/N=C\c2ccc(C(C)(C)C)cc2)cc1Br. The molecule has 0 aliphatic rings. The second-order valence-electron chi connectivity index (χ2n) is 6.69. The van der Waals surface area contributed by atoms with Gasteiger partial charge in [-0.1, -0.05) is 56.3 Å². The van der Waals surface area contributed by atoms with E-state index in [1.807, 2.05) is 24.3 Å². The molecule has 2 rings (SSSR count). The first kappa shape index (κ1) is 19.2. The lowest BCUT2D eigenvalue weighted by atomic mass is 9.87. The van der Waals surface area contributed by atoms with E-state index in [4.69, 9.17) is 9.57 Å². The van der Waals surface area contributed by atoms with Gasteiger partial charge in [0.1, 0.15) is 6.61 Å². The van der Waals surface area contributed by atoms with E-state index in [0.29, 0.717) is 16.6 Å². The maximum atomic E-state index is 11.5. The lowest BCUT2D eigenvalue weighted by Crippen LogP contribution is -2.10. The summed E-state index contributed by atoms with van der Waals surface area (Å²) in [6.45, 7) is 6.87. The summed E-state index contributed by atoms with van der Waals surface area (Å²) in [6.07, 6.45) is 1.68. The molecule has 0 aliphatic heterocycles. The van der Waals surface area contributed by atoms with Crippen LogP contribution in [0, 0.1) is 0 Å². The second kappa shape index (κ2) is 8.30. The van der Waals surface area contributed by atoms with Crippen LogP contribution in [0.25, 0.3) is 0 Å². The van der Waals surface area contributed by atoms with Crippen LogP contribution in [0.1, 0.15) is 47.8 Å². The fourth-order valence-electron chi connectivity index (χ4n) is 2.20. The number of nitrogens with zero attached hydrogens (tertiary/aromatic N) is 1. The van der Waals surface area contributed by atoms with E-state index in [9.17, 15) is 4.79 Å². The Morgan fingerprint density at radius 2 is 1.84 bits per heavy atom. The van der Waals surface area contributed by atoms with Gasteiger partial charge in [0.2, 0.25) is 0 Å². The maximum absolute atomic E-state index is 11.5. The Labute approximate surface area is 157 Å². The molecule has 0 saturated heterocycles. The first-order valence-electron chi connectivity index (χ1n) is 7.94. The van der Waals surface area contributed by atoms with E-state index in [0.717, 1.165) is 11.1 Å². The van der Waals surface area contributed by atoms with Gasteiger partial charge in [-0.25, -0.2) is 4.79 Å². The molecule has 0 atom stereocenters. The van der Waals surface area contributed by atoms with Gasteiger partial charge in [-0.3, -0.25) is 0 Å². The first-order chi connectivity index (χ1) is 11.8. The Morgan fingerprint density at radius 1 is 1.16 bits per heavy atom. The minimum atomic E-state index is -0.379. The zero-order valence-electron chi connectivity index (χ0n) is 14.9. The van der Waals surface area contributed by atoms with Crippen LogP contribution in [0.15, 0.2) is 52.1 Å². The van der Waals surface area contributed by atoms with Crippen molar-refractivity contribution < 1.29 is 14.4 Å². The molecule has 0 amide bonds. The minimum absolute atomic E-state index is 0.135. The maximum Gasteiger partial charge on any atom is 0.339 e. The van der Waals surface area contributed by atoms with Crippen molar-refractivity contribution in [3.63, 3.8) is 0 Å². The minimum Gasteiger partial charge on any atom is -0.465 e. The molecule has 0 aromatic heterocycles. The Kier molecular flexibility index (Phi) is 6.37. The number of ether oxygens (including phenoxy) is 1. The highest BCUT2D eigenvalue weighted by Crippen LogP contribution is 2.22. The van der Waals surface area contributed by atoms with Crippen molar-refractivity contribution in [2.24, 2.45) is 5.16 Å². The third kappa shape index (κ3) is 5.43. The van der Waals surface area contributed by atoms with Gasteiger partial charge in [0.25, 0.3) is 0 Å². The zero-order chi connectivity index (χ0) is 18.4. The standard InChI is InChI=1S/C20H22BrNO3/c1-20(2,3)16-8-5-14(6-9-16)12-22-25-13-15-7-10-17(18(21)11-15)19(23)24-4/h5-12H,13H2,1-4H3/b22-12-. The average molecular weight is 404 g/mol. The number of benzene rings is 2. The molecule has 0 aliphatic carbocycles. The summed E-state index contributed by atoms with van der Waals surface area (Å²) >= 11 is 3.36. The molecule has 132 valence electrons. The van der Waals surface area contributed by atoms with Crippen LogP contribution in [0.2, 0.25) is 0 Å². The summed E-state index contributed by atoms with van der Waals surface area (Å²) in [5.41, 5.74) is 3.78. The van der Waals surface area contributed by atoms with Crippen molar-refractivity contribution >= 4 is 28.1 Å². The first-order valence-corrected chi connectivity index (χ1v) is 8.73. The molecule has 0 bridgehead atoms. The molecule has 0 heterocycles. The summed E-state index contributed by atoms with van der Waals surface area (Å²) in [5.74, 6) is -0.379. The molecule has 2 aromatic carbocycles. The molecule has 2 aromatic rings. The summed E-state index contributed by atoms with van der Waals surface area (Å²) < 4.78 is 5.38. The van der Waals surface area contributed by atoms with Crippen molar-refractivity contribution in [3.05, 3.63) is 69.2 Å². The highest BCUT2D eigenvalue weighted by Gasteiger charge is 2.12. The molecule has 0 unspecified atom stereocenters. The number of esters is 1. The van der Waals surface area contributed by atoms with Crippen LogP contribution in [0.4, 0.5) is 0 Å². The number of oxime groups is 1. The molecule has 0 fully saturated rings.